The SMILES string of the molecule is CCC(=O)CNC(=O)CNC(=O)C(NC(C)C)C(C)C. The third-order valence-corrected chi connectivity index (χ3v) is 2.76. The minimum atomic E-state index is -0.354. The van der Waals surface area contributed by atoms with E-state index in [1.54, 1.807) is 6.92 Å². The zero-order valence-electron chi connectivity index (χ0n) is 13.1. The first-order valence-corrected chi connectivity index (χ1v) is 7.10. The van der Waals surface area contributed by atoms with Gasteiger partial charge in [0.1, 0.15) is 0 Å². The van der Waals surface area contributed by atoms with Crippen molar-refractivity contribution in [3.8, 4) is 0 Å². The predicted octanol–water partition coefficient (Wildman–Crippen LogP) is 0.221. The Hall–Kier alpha value is -1.43. The van der Waals surface area contributed by atoms with Crippen LogP contribution in [0.25, 0.3) is 0 Å². The first kappa shape index (κ1) is 18.6. The second-order valence-electron chi connectivity index (χ2n) is 5.43. The van der Waals surface area contributed by atoms with Gasteiger partial charge in [-0.1, -0.05) is 34.6 Å². The highest BCUT2D eigenvalue weighted by atomic mass is 16.2. The van der Waals surface area contributed by atoms with Crippen LogP contribution < -0.4 is 16.0 Å². The number of nitrogens with one attached hydrogen (secondary N) is 3. The third-order valence-electron chi connectivity index (χ3n) is 2.76. The lowest BCUT2D eigenvalue weighted by atomic mass is 10.0. The van der Waals surface area contributed by atoms with E-state index in [0.29, 0.717) is 6.42 Å². The van der Waals surface area contributed by atoms with E-state index in [-0.39, 0.29) is 48.7 Å². The van der Waals surface area contributed by atoms with Crippen LogP contribution in [-0.4, -0.2) is 42.8 Å². The largest absolute Gasteiger partial charge is 0.347 e. The molecule has 0 saturated carbocycles. The van der Waals surface area contributed by atoms with Crippen molar-refractivity contribution in [1.82, 2.24) is 16.0 Å². The molecule has 0 aromatic carbocycles. The summed E-state index contributed by atoms with van der Waals surface area (Å²) >= 11 is 0. The zero-order valence-corrected chi connectivity index (χ0v) is 13.1. The van der Waals surface area contributed by atoms with Crippen LogP contribution in [0, 0.1) is 5.92 Å². The van der Waals surface area contributed by atoms with Crippen molar-refractivity contribution in [1.29, 1.82) is 0 Å². The molecule has 0 aliphatic rings. The van der Waals surface area contributed by atoms with Crippen molar-refractivity contribution < 1.29 is 14.4 Å². The fraction of sp³-hybridized carbons (Fsp3) is 0.786. The van der Waals surface area contributed by atoms with E-state index in [1.807, 2.05) is 27.7 Å². The maximum Gasteiger partial charge on any atom is 0.239 e. The van der Waals surface area contributed by atoms with Crippen molar-refractivity contribution in [2.75, 3.05) is 13.1 Å². The first-order chi connectivity index (χ1) is 9.27. The highest BCUT2D eigenvalue weighted by Gasteiger charge is 2.22. The standard InChI is InChI=1S/C14H27N3O3/c1-6-11(18)7-15-12(19)8-16-14(20)13(9(2)3)17-10(4)5/h9-10,13,17H,6-8H2,1-5H3,(H,15,19)(H,16,20). The van der Waals surface area contributed by atoms with Gasteiger partial charge in [-0.15, -0.1) is 0 Å². The van der Waals surface area contributed by atoms with Crippen LogP contribution in [0.1, 0.15) is 41.0 Å². The summed E-state index contributed by atoms with van der Waals surface area (Å²) in [6, 6.07) is -0.149. The van der Waals surface area contributed by atoms with Crippen molar-refractivity contribution in [3.05, 3.63) is 0 Å². The molecule has 20 heavy (non-hydrogen) atoms. The number of hydrogen-bond donors (Lipinski definition) is 3. The van der Waals surface area contributed by atoms with Gasteiger partial charge in [-0.3, -0.25) is 14.4 Å². The summed E-state index contributed by atoms with van der Waals surface area (Å²) in [6.07, 6.45) is 0.389. The Morgan fingerprint density at radius 2 is 1.55 bits per heavy atom. The van der Waals surface area contributed by atoms with Crippen LogP contribution in [0.4, 0.5) is 0 Å². The lowest BCUT2D eigenvalue weighted by molar-refractivity contribution is -0.128. The van der Waals surface area contributed by atoms with Crippen molar-refractivity contribution in [2.45, 2.75) is 53.1 Å². The number of carbonyl (C=O) groups excluding carboxylic acids is 3. The van der Waals surface area contributed by atoms with E-state index < -0.39 is 0 Å². The average molecular weight is 285 g/mol. The Morgan fingerprint density at radius 1 is 0.950 bits per heavy atom. The topological polar surface area (TPSA) is 87.3 Å². The van der Waals surface area contributed by atoms with Gasteiger partial charge < -0.3 is 16.0 Å². The monoisotopic (exact) mass is 285 g/mol. The lowest BCUT2D eigenvalue weighted by Gasteiger charge is -2.23. The third kappa shape index (κ3) is 7.89. The van der Waals surface area contributed by atoms with Gasteiger partial charge in [0.2, 0.25) is 11.8 Å². The molecule has 3 N–H and O–H groups in total. The molecule has 1 unspecified atom stereocenters. The van der Waals surface area contributed by atoms with Gasteiger partial charge in [0.15, 0.2) is 5.78 Å². The molecule has 0 aliphatic carbocycles. The van der Waals surface area contributed by atoms with Gasteiger partial charge in [-0.2, -0.15) is 0 Å². The summed E-state index contributed by atoms with van der Waals surface area (Å²) in [5.41, 5.74) is 0. The zero-order chi connectivity index (χ0) is 15.7. The number of amides is 2. The lowest BCUT2D eigenvalue weighted by Crippen LogP contribution is -2.51. The molecule has 0 bridgehead atoms. The average Bonchev–Trinajstić information content (AvgIpc) is 2.38. The maximum absolute atomic E-state index is 12.0. The van der Waals surface area contributed by atoms with Crippen LogP contribution in [-0.2, 0) is 14.4 Å². The molecule has 0 radical (unpaired) electrons. The number of ketones is 1. The summed E-state index contributed by atoms with van der Waals surface area (Å²) in [5, 5.41) is 8.22. The number of Topliss-reactive ketones (excluding diaryl/α,β-unsaturated/α-hetero) is 1. The van der Waals surface area contributed by atoms with Gasteiger partial charge in [-0.25, -0.2) is 0 Å². The normalized spacial score (nSPS) is 12.3. The van der Waals surface area contributed by atoms with Crippen molar-refractivity contribution in [2.24, 2.45) is 5.92 Å². The Morgan fingerprint density at radius 3 is 2.00 bits per heavy atom. The van der Waals surface area contributed by atoms with Crippen LogP contribution in [0.2, 0.25) is 0 Å². The smallest absolute Gasteiger partial charge is 0.239 e. The van der Waals surface area contributed by atoms with E-state index in [2.05, 4.69) is 16.0 Å². The molecule has 0 heterocycles. The van der Waals surface area contributed by atoms with E-state index >= 15 is 0 Å². The first-order valence-electron chi connectivity index (χ1n) is 7.10. The fourth-order valence-corrected chi connectivity index (χ4v) is 1.59. The summed E-state index contributed by atoms with van der Waals surface area (Å²) in [6.45, 7) is 9.46. The molecule has 116 valence electrons. The summed E-state index contributed by atoms with van der Waals surface area (Å²) in [7, 11) is 0. The quantitative estimate of drug-likeness (QED) is 0.565. The highest BCUT2D eigenvalue weighted by molar-refractivity contribution is 5.90. The minimum Gasteiger partial charge on any atom is -0.347 e. The Kier molecular flexibility index (Phi) is 8.79. The molecule has 6 heteroatoms. The molecule has 0 aromatic rings. The van der Waals surface area contributed by atoms with Crippen LogP contribution in [0.15, 0.2) is 0 Å². The van der Waals surface area contributed by atoms with Gasteiger partial charge >= 0.3 is 0 Å². The van der Waals surface area contributed by atoms with Gasteiger partial charge in [0.25, 0.3) is 0 Å². The summed E-state index contributed by atoms with van der Waals surface area (Å²) in [5.74, 6) is -0.466. The second-order valence-corrected chi connectivity index (χ2v) is 5.43. The fourth-order valence-electron chi connectivity index (χ4n) is 1.59. The molecule has 6 nitrogen and oxygen atoms in total. The molecule has 0 aromatic heterocycles. The van der Waals surface area contributed by atoms with Gasteiger partial charge in [0.05, 0.1) is 19.1 Å². The predicted molar refractivity (Wildman–Crippen MR) is 78.2 cm³/mol. The Bertz CT molecular complexity index is 341. The Balaban J connectivity index is 4.17. The van der Waals surface area contributed by atoms with Gasteiger partial charge in [0, 0.05) is 12.5 Å². The highest BCUT2D eigenvalue weighted by Crippen LogP contribution is 2.02. The van der Waals surface area contributed by atoms with Crippen LogP contribution >= 0.6 is 0 Å². The van der Waals surface area contributed by atoms with Crippen molar-refractivity contribution >= 4 is 17.6 Å². The molecule has 0 fully saturated rings. The summed E-state index contributed by atoms with van der Waals surface area (Å²) < 4.78 is 0. The molecule has 0 spiro atoms. The molecule has 2 amide bonds. The van der Waals surface area contributed by atoms with E-state index in [9.17, 15) is 14.4 Å². The minimum absolute atomic E-state index is 0.0169. The molecular weight excluding hydrogens is 258 g/mol. The van der Waals surface area contributed by atoms with Gasteiger partial charge in [-0.05, 0) is 5.92 Å². The van der Waals surface area contributed by atoms with Crippen LogP contribution in [0.3, 0.4) is 0 Å². The summed E-state index contributed by atoms with van der Waals surface area (Å²) in [4.78, 5) is 34.5. The molecule has 0 aliphatic heterocycles. The molecular formula is C14H27N3O3. The molecule has 0 rings (SSSR count). The second kappa shape index (κ2) is 9.47. The molecule has 0 saturated heterocycles. The van der Waals surface area contributed by atoms with Crippen molar-refractivity contribution in [3.63, 3.8) is 0 Å². The van der Waals surface area contributed by atoms with E-state index in [1.165, 1.54) is 0 Å². The maximum atomic E-state index is 12.0. The number of rotatable bonds is 9. The number of carbonyl (C=O) groups is 3. The van der Waals surface area contributed by atoms with Crippen LogP contribution in [0.5, 0.6) is 0 Å². The van der Waals surface area contributed by atoms with E-state index in [0.717, 1.165) is 0 Å². The Labute approximate surface area is 121 Å². The van der Waals surface area contributed by atoms with E-state index in [4.69, 9.17) is 0 Å². The molecule has 1 atom stereocenters. The number of hydrogen-bond acceptors (Lipinski definition) is 4.